The number of hydrogen-bond acceptors (Lipinski definition) is 13. The number of aromatic nitrogens is 2. The van der Waals surface area contributed by atoms with Gasteiger partial charge in [-0.05, 0) is 73.0 Å². The first kappa shape index (κ1) is 33.5. The number of carbonyl (C=O) groups is 4. The molecule has 0 aliphatic heterocycles. The number of ether oxygens (including phenoxy) is 2. The zero-order chi connectivity index (χ0) is 31.2. The molecule has 0 aliphatic rings. The number of nitrogens with one attached hydrogen (secondary N) is 6. The lowest BCUT2D eigenvalue weighted by molar-refractivity contribution is -0.119. The molecule has 1 aromatic heterocycles. The smallest absolute Gasteiger partial charge is 0.257 e. The van der Waals surface area contributed by atoms with E-state index in [4.69, 9.17) is 33.9 Å². The van der Waals surface area contributed by atoms with Gasteiger partial charge in [0.2, 0.25) is 11.8 Å². The van der Waals surface area contributed by atoms with Crippen LogP contribution in [0.3, 0.4) is 0 Å². The highest BCUT2D eigenvalue weighted by atomic mass is 32.2. The summed E-state index contributed by atoms with van der Waals surface area (Å²) in [6, 6.07) is 12.9. The third kappa shape index (κ3) is 11.6. The quantitative estimate of drug-likeness (QED) is 0.103. The number of carbonyl (C=O) groups excluding carboxylic acids is 4. The van der Waals surface area contributed by atoms with E-state index in [2.05, 4.69) is 42.5 Å². The van der Waals surface area contributed by atoms with Crippen molar-refractivity contribution in [1.82, 2.24) is 42.5 Å². The van der Waals surface area contributed by atoms with E-state index in [1.807, 2.05) is 0 Å². The maximum absolute atomic E-state index is 12.2. The first-order valence-corrected chi connectivity index (χ1v) is 15.4. The summed E-state index contributed by atoms with van der Waals surface area (Å²) in [6.45, 7) is 0. The van der Waals surface area contributed by atoms with Crippen molar-refractivity contribution in [2.24, 2.45) is 0 Å². The van der Waals surface area contributed by atoms with E-state index in [0.29, 0.717) is 31.3 Å². The molecule has 2 aromatic carbocycles. The van der Waals surface area contributed by atoms with Gasteiger partial charge in [-0.2, -0.15) is 0 Å². The minimum Gasteiger partial charge on any atom is -0.497 e. The number of nitrogens with zero attached hydrogens (tertiary/aromatic N) is 2. The van der Waals surface area contributed by atoms with E-state index < -0.39 is 23.6 Å². The van der Waals surface area contributed by atoms with E-state index in [1.54, 1.807) is 48.5 Å². The number of methoxy groups -OCH3 is 2. The minimum absolute atomic E-state index is 0.00850. The highest BCUT2D eigenvalue weighted by Crippen LogP contribution is 2.28. The van der Waals surface area contributed by atoms with Gasteiger partial charge in [-0.25, -0.2) is 0 Å². The molecule has 0 saturated heterocycles. The van der Waals surface area contributed by atoms with E-state index >= 15 is 0 Å². The molecule has 0 radical (unpaired) electrons. The first-order chi connectivity index (χ1) is 20.7. The van der Waals surface area contributed by atoms with Gasteiger partial charge in [-0.1, -0.05) is 34.9 Å². The van der Waals surface area contributed by atoms with Crippen molar-refractivity contribution in [3.8, 4) is 11.5 Å². The van der Waals surface area contributed by atoms with E-state index in [9.17, 15) is 19.2 Å². The summed E-state index contributed by atoms with van der Waals surface area (Å²) in [6.07, 6.45) is 0. The summed E-state index contributed by atoms with van der Waals surface area (Å²) in [4.78, 5) is 48.7. The lowest BCUT2D eigenvalue weighted by Crippen LogP contribution is -2.49. The minimum atomic E-state index is -0.452. The molecule has 0 spiro atoms. The van der Waals surface area contributed by atoms with Crippen LogP contribution in [-0.2, 0) is 9.59 Å². The largest absolute Gasteiger partial charge is 0.497 e. The highest BCUT2D eigenvalue weighted by Gasteiger charge is 2.13. The van der Waals surface area contributed by atoms with Gasteiger partial charge in [0, 0.05) is 11.1 Å². The number of thiocarbonyl (C=S) groups is 2. The number of benzene rings is 2. The Kier molecular flexibility index (Phi) is 13.4. The Hall–Kier alpha value is -4.04. The van der Waals surface area contributed by atoms with Gasteiger partial charge in [0.05, 0.1) is 25.7 Å². The lowest BCUT2D eigenvalue weighted by atomic mass is 10.2. The average molecular weight is 681 g/mol. The van der Waals surface area contributed by atoms with Gasteiger partial charge >= 0.3 is 0 Å². The van der Waals surface area contributed by atoms with Crippen LogP contribution in [0.2, 0.25) is 0 Å². The van der Waals surface area contributed by atoms with Crippen molar-refractivity contribution in [3.05, 3.63) is 59.7 Å². The molecule has 0 bridgehead atoms. The molecule has 226 valence electrons. The molecule has 0 unspecified atom stereocenters. The zero-order valence-electron chi connectivity index (χ0n) is 22.4. The Morgan fingerprint density at radius 1 is 0.674 bits per heavy atom. The molecular weight excluding hydrogens is 657 g/mol. The molecule has 14 nitrogen and oxygen atoms in total. The van der Waals surface area contributed by atoms with Crippen LogP contribution in [0.25, 0.3) is 0 Å². The van der Waals surface area contributed by atoms with Crippen molar-refractivity contribution in [1.29, 1.82) is 0 Å². The molecule has 43 heavy (non-hydrogen) atoms. The van der Waals surface area contributed by atoms with Crippen LogP contribution < -0.4 is 41.8 Å². The van der Waals surface area contributed by atoms with Crippen LogP contribution in [0.4, 0.5) is 0 Å². The Morgan fingerprint density at radius 2 is 1.05 bits per heavy atom. The SMILES string of the molecule is COc1ccc(C(=O)NC(=S)NNC(=O)CSc2nnc(SCC(=O)NNC(=S)NC(=O)c3ccc(OC)cc3)s2)cc1. The van der Waals surface area contributed by atoms with Crippen molar-refractivity contribution >= 4 is 93.1 Å². The summed E-state index contributed by atoms with van der Waals surface area (Å²) in [5, 5.41) is 12.7. The maximum Gasteiger partial charge on any atom is 0.257 e. The number of thioether (sulfide) groups is 2. The standard InChI is InChI=1S/C24H24N8O6S5/c1-37-15-7-3-13(4-8-15)19(35)25-21(39)29-27-17(33)11-41-23-31-32-24(43-23)42-12-18(34)28-30-22(40)26-20(36)14-5-9-16(38-2)10-6-14/h3-10H,11-12H2,1-2H3,(H,27,33)(H,28,34)(H2,25,29,35,39)(H2,26,30,36,40). The Morgan fingerprint density at radius 3 is 1.40 bits per heavy atom. The third-order valence-corrected chi connectivity index (χ3v) is 8.43. The fourth-order valence-corrected chi connectivity index (χ4v) is 5.70. The fraction of sp³-hybridized carbons (Fsp3) is 0.167. The van der Waals surface area contributed by atoms with Gasteiger partial charge in [-0.15, -0.1) is 10.2 Å². The van der Waals surface area contributed by atoms with Crippen molar-refractivity contribution in [3.63, 3.8) is 0 Å². The molecule has 0 atom stereocenters. The zero-order valence-corrected chi connectivity index (χ0v) is 26.5. The molecule has 0 saturated carbocycles. The maximum atomic E-state index is 12.2. The molecule has 6 N–H and O–H groups in total. The summed E-state index contributed by atoms with van der Waals surface area (Å²) in [7, 11) is 3.04. The van der Waals surface area contributed by atoms with Crippen molar-refractivity contribution in [2.75, 3.05) is 25.7 Å². The second-order valence-corrected chi connectivity index (χ2v) is 12.0. The molecule has 4 amide bonds. The molecular formula is C24H24N8O6S5. The van der Waals surface area contributed by atoms with E-state index in [1.165, 1.54) is 25.6 Å². The Labute approximate surface area is 268 Å². The van der Waals surface area contributed by atoms with Crippen LogP contribution in [0.15, 0.2) is 57.2 Å². The molecule has 0 fully saturated rings. The number of hydrogen-bond donors (Lipinski definition) is 6. The monoisotopic (exact) mass is 680 g/mol. The number of amides is 4. The van der Waals surface area contributed by atoms with Crippen LogP contribution in [-0.4, -0.2) is 69.8 Å². The predicted octanol–water partition coefficient (Wildman–Crippen LogP) is 1.41. The highest BCUT2D eigenvalue weighted by molar-refractivity contribution is 8.03. The van der Waals surface area contributed by atoms with Crippen LogP contribution in [0, 0.1) is 0 Å². The Bertz CT molecular complexity index is 1360. The fourth-order valence-electron chi connectivity index (χ4n) is 2.79. The molecule has 0 aliphatic carbocycles. The van der Waals surface area contributed by atoms with Crippen LogP contribution in [0.1, 0.15) is 20.7 Å². The van der Waals surface area contributed by atoms with E-state index in [-0.39, 0.29) is 21.7 Å². The predicted molar refractivity (Wildman–Crippen MR) is 170 cm³/mol. The molecule has 1 heterocycles. The second kappa shape index (κ2) is 17.2. The molecule has 19 heteroatoms. The molecule has 3 rings (SSSR count). The summed E-state index contributed by atoms with van der Waals surface area (Å²) < 4.78 is 11.1. The lowest BCUT2D eigenvalue weighted by Gasteiger charge is -2.10. The van der Waals surface area contributed by atoms with Crippen LogP contribution in [0.5, 0.6) is 11.5 Å². The van der Waals surface area contributed by atoms with Gasteiger partial charge in [0.25, 0.3) is 11.8 Å². The average Bonchev–Trinajstić information content (AvgIpc) is 3.48. The normalized spacial score (nSPS) is 10.1. The molecule has 3 aromatic rings. The second-order valence-electron chi connectivity index (χ2n) is 7.78. The number of hydrazine groups is 2. The van der Waals surface area contributed by atoms with Crippen molar-refractivity contribution in [2.45, 2.75) is 8.68 Å². The van der Waals surface area contributed by atoms with Gasteiger partial charge < -0.3 is 9.47 Å². The van der Waals surface area contributed by atoms with Gasteiger partial charge in [0.15, 0.2) is 18.9 Å². The number of rotatable bonds is 10. The summed E-state index contributed by atoms with van der Waals surface area (Å²) >= 11 is 13.5. The van der Waals surface area contributed by atoms with Gasteiger partial charge in [-0.3, -0.25) is 51.5 Å². The first-order valence-electron chi connectivity index (χ1n) is 11.8. The summed E-state index contributed by atoms with van der Waals surface area (Å²) in [5.74, 6) is -0.547. The van der Waals surface area contributed by atoms with Crippen LogP contribution >= 0.6 is 59.3 Å². The van der Waals surface area contributed by atoms with Gasteiger partial charge in [0.1, 0.15) is 11.5 Å². The third-order valence-electron chi connectivity index (χ3n) is 4.83. The summed E-state index contributed by atoms with van der Waals surface area (Å²) in [5.41, 5.74) is 10.4. The van der Waals surface area contributed by atoms with E-state index in [0.717, 1.165) is 23.5 Å². The topological polar surface area (TPSA) is 185 Å². The van der Waals surface area contributed by atoms with Crippen molar-refractivity contribution < 1.29 is 28.7 Å². The Balaban J connectivity index is 1.29.